The highest BCUT2D eigenvalue weighted by molar-refractivity contribution is 5.00. The molecule has 0 spiro atoms. The summed E-state index contributed by atoms with van der Waals surface area (Å²) in [4.78, 5) is 0. The van der Waals surface area contributed by atoms with Gasteiger partial charge in [-0.05, 0) is 0 Å². The topological polar surface area (TPSA) is 201 Å². The Balaban J connectivity index is 2.16. The van der Waals surface area contributed by atoms with Crippen LogP contribution in [0.3, 0.4) is 0 Å². The Morgan fingerprint density at radius 1 is 0.652 bits per heavy atom. The van der Waals surface area contributed by atoms with Crippen LogP contribution < -0.4 is 0 Å². The molecule has 2 aliphatic rings. The van der Waals surface area contributed by atoms with Crippen molar-refractivity contribution in [1.82, 2.24) is 0 Å². The zero-order valence-corrected chi connectivity index (χ0v) is 11.9. The average molecular weight is 342 g/mol. The average Bonchev–Trinajstić information content (AvgIpc) is 2.53. The first-order chi connectivity index (χ1) is 10.7. The monoisotopic (exact) mass is 342 g/mol. The van der Waals surface area contributed by atoms with E-state index < -0.39 is 73.9 Å². The first kappa shape index (κ1) is 18.9. The van der Waals surface area contributed by atoms with Crippen molar-refractivity contribution < 1.29 is 55.4 Å². The number of aliphatic hydroxyl groups excluding tert-OH is 9. The van der Waals surface area contributed by atoms with Gasteiger partial charge in [0.15, 0.2) is 6.29 Å². The predicted octanol–water partition coefficient (Wildman–Crippen LogP) is -6.01. The molecule has 0 radical (unpaired) electrons. The lowest BCUT2D eigenvalue weighted by atomic mass is 9.87. The maximum atomic E-state index is 10.2. The molecule has 23 heavy (non-hydrogen) atoms. The van der Waals surface area contributed by atoms with Gasteiger partial charge in [0.1, 0.15) is 61.0 Å². The fourth-order valence-corrected chi connectivity index (χ4v) is 2.77. The van der Waals surface area contributed by atoms with Crippen LogP contribution in [-0.4, -0.2) is 120 Å². The quantitative estimate of drug-likeness (QED) is 0.236. The second-order valence-electron chi connectivity index (χ2n) is 5.75. The summed E-state index contributed by atoms with van der Waals surface area (Å²) in [5, 5.41) is 86.9. The molecule has 0 aromatic carbocycles. The molecule has 2 saturated heterocycles. The first-order valence-electron chi connectivity index (χ1n) is 7.07. The van der Waals surface area contributed by atoms with E-state index in [1.54, 1.807) is 0 Å². The number of ether oxygens (including phenoxy) is 2. The second kappa shape index (κ2) is 7.21. The Labute approximate surface area is 130 Å². The minimum Gasteiger partial charge on any atom is -0.394 e. The van der Waals surface area contributed by atoms with Gasteiger partial charge in [-0.3, -0.25) is 0 Å². The molecule has 2 rings (SSSR count). The van der Waals surface area contributed by atoms with Crippen molar-refractivity contribution in [2.24, 2.45) is 0 Å². The summed E-state index contributed by atoms with van der Waals surface area (Å²) in [7, 11) is 0. The minimum absolute atomic E-state index is 0.716. The highest BCUT2D eigenvalue weighted by Gasteiger charge is 2.53. The molecule has 9 N–H and O–H groups in total. The molecule has 0 aromatic rings. The SMILES string of the molecule is OC[C@H]1O[C@@H](C(O)[C@H]2OC(O)[C@H](O)[C@@H](O)[C@@H]2O)[C@H](O)[C@@H](O)[C@H]1O. The highest BCUT2D eigenvalue weighted by atomic mass is 16.6. The predicted molar refractivity (Wildman–Crippen MR) is 68.7 cm³/mol. The largest absolute Gasteiger partial charge is 0.394 e. The smallest absolute Gasteiger partial charge is 0.184 e. The van der Waals surface area contributed by atoms with E-state index in [0.29, 0.717) is 0 Å². The summed E-state index contributed by atoms with van der Waals surface area (Å²) >= 11 is 0. The molecular weight excluding hydrogens is 320 g/mol. The zero-order chi connectivity index (χ0) is 17.5. The van der Waals surface area contributed by atoms with E-state index in [1.807, 2.05) is 0 Å². The van der Waals surface area contributed by atoms with Crippen molar-refractivity contribution in [2.45, 2.75) is 67.3 Å². The molecule has 2 unspecified atom stereocenters. The Morgan fingerprint density at radius 2 is 1.13 bits per heavy atom. The van der Waals surface area contributed by atoms with E-state index >= 15 is 0 Å². The van der Waals surface area contributed by atoms with Crippen LogP contribution in [0.25, 0.3) is 0 Å². The first-order valence-corrected chi connectivity index (χ1v) is 7.07. The van der Waals surface area contributed by atoms with Crippen molar-refractivity contribution in [3.8, 4) is 0 Å². The summed E-state index contributed by atoms with van der Waals surface area (Å²) in [6.45, 7) is -0.716. The van der Waals surface area contributed by atoms with E-state index in [0.717, 1.165) is 0 Å². The van der Waals surface area contributed by atoms with Crippen LogP contribution in [0.1, 0.15) is 0 Å². The molecule has 2 aliphatic heterocycles. The Kier molecular flexibility index (Phi) is 5.92. The van der Waals surface area contributed by atoms with Gasteiger partial charge in [-0.15, -0.1) is 0 Å². The fourth-order valence-electron chi connectivity index (χ4n) is 2.77. The standard InChI is InChI=1S/C12H22O11/c13-1-2-3(14)4(15)6(17)10(22-2)9(20)11-7(18)5(16)8(19)12(21)23-11/h2-21H,1H2/t2-,3+,4+,5+,6-,7+,8-,9?,10-,11+,12?/m1/s1. The second-order valence-corrected chi connectivity index (χ2v) is 5.75. The third kappa shape index (κ3) is 3.36. The van der Waals surface area contributed by atoms with E-state index in [1.165, 1.54) is 0 Å². The van der Waals surface area contributed by atoms with Crippen LogP contribution in [0.5, 0.6) is 0 Å². The van der Waals surface area contributed by atoms with Gasteiger partial charge in [0, 0.05) is 0 Å². The maximum Gasteiger partial charge on any atom is 0.184 e. The molecule has 11 heteroatoms. The molecule has 136 valence electrons. The van der Waals surface area contributed by atoms with Gasteiger partial charge in [-0.2, -0.15) is 0 Å². The normalized spacial score (nSPS) is 53.1. The number of hydrogen-bond donors (Lipinski definition) is 9. The van der Waals surface area contributed by atoms with Crippen LogP contribution in [0, 0.1) is 0 Å². The summed E-state index contributed by atoms with van der Waals surface area (Å²) in [6, 6.07) is 0. The van der Waals surface area contributed by atoms with Crippen molar-refractivity contribution in [3.05, 3.63) is 0 Å². The van der Waals surface area contributed by atoms with Gasteiger partial charge in [-0.25, -0.2) is 0 Å². The Bertz CT molecular complexity index is 393. The van der Waals surface area contributed by atoms with Gasteiger partial charge >= 0.3 is 0 Å². The molecule has 0 amide bonds. The van der Waals surface area contributed by atoms with Crippen LogP contribution >= 0.6 is 0 Å². The number of rotatable bonds is 3. The molecular formula is C12H22O11. The molecule has 0 saturated carbocycles. The molecule has 11 nitrogen and oxygen atoms in total. The van der Waals surface area contributed by atoms with Crippen molar-refractivity contribution in [2.75, 3.05) is 6.61 Å². The molecule has 2 fully saturated rings. The van der Waals surface area contributed by atoms with Gasteiger partial charge in [0.05, 0.1) is 6.61 Å². The molecule has 11 atom stereocenters. The number of aliphatic hydroxyl groups is 9. The van der Waals surface area contributed by atoms with Crippen LogP contribution in [0.2, 0.25) is 0 Å². The molecule has 0 bridgehead atoms. The maximum absolute atomic E-state index is 10.2. The summed E-state index contributed by atoms with van der Waals surface area (Å²) in [5.41, 5.74) is 0. The van der Waals surface area contributed by atoms with Crippen molar-refractivity contribution >= 4 is 0 Å². The molecule has 2 heterocycles. The third-order valence-corrected chi connectivity index (χ3v) is 4.23. The van der Waals surface area contributed by atoms with Crippen LogP contribution in [0.15, 0.2) is 0 Å². The van der Waals surface area contributed by atoms with Crippen molar-refractivity contribution in [3.63, 3.8) is 0 Å². The van der Waals surface area contributed by atoms with Crippen LogP contribution in [0.4, 0.5) is 0 Å². The lowest BCUT2D eigenvalue weighted by Gasteiger charge is -2.46. The Morgan fingerprint density at radius 3 is 1.65 bits per heavy atom. The third-order valence-electron chi connectivity index (χ3n) is 4.23. The fraction of sp³-hybridized carbons (Fsp3) is 1.00. The summed E-state index contributed by atoms with van der Waals surface area (Å²) < 4.78 is 9.94. The van der Waals surface area contributed by atoms with E-state index in [4.69, 9.17) is 14.6 Å². The van der Waals surface area contributed by atoms with E-state index in [9.17, 15) is 40.9 Å². The zero-order valence-electron chi connectivity index (χ0n) is 11.9. The van der Waals surface area contributed by atoms with Gasteiger partial charge in [-0.1, -0.05) is 0 Å². The van der Waals surface area contributed by atoms with E-state index in [2.05, 4.69) is 0 Å². The lowest BCUT2D eigenvalue weighted by molar-refractivity contribution is -0.319. The summed E-state index contributed by atoms with van der Waals surface area (Å²) in [5.74, 6) is 0. The van der Waals surface area contributed by atoms with E-state index in [-0.39, 0.29) is 0 Å². The summed E-state index contributed by atoms with van der Waals surface area (Å²) in [6.07, 6.45) is -18.9. The highest BCUT2D eigenvalue weighted by Crippen LogP contribution is 2.29. The van der Waals surface area contributed by atoms with Gasteiger partial charge in [0.25, 0.3) is 0 Å². The van der Waals surface area contributed by atoms with Crippen LogP contribution in [-0.2, 0) is 9.47 Å². The number of hydrogen-bond acceptors (Lipinski definition) is 11. The van der Waals surface area contributed by atoms with Gasteiger partial charge < -0.3 is 55.4 Å². The Hall–Kier alpha value is -0.440. The van der Waals surface area contributed by atoms with Gasteiger partial charge in [0.2, 0.25) is 0 Å². The molecule has 0 aromatic heterocycles. The van der Waals surface area contributed by atoms with Crippen molar-refractivity contribution in [1.29, 1.82) is 0 Å². The lowest BCUT2D eigenvalue weighted by Crippen LogP contribution is -2.67. The minimum atomic E-state index is -1.90. The molecule has 0 aliphatic carbocycles.